The predicted molar refractivity (Wildman–Crippen MR) is 133 cm³/mol. The molecule has 170 valence electrons. The highest BCUT2D eigenvalue weighted by Crippen LogP contribution is 2.37. The molecule has 3 rings (SSSR count). The van der Waals surface area contributed by atoms with Gasteiger partial charge >= 0.3 is 0 Å². The third kappa shape index (κ3) is 5.60. The van der Waals surface area contributed by atoms with Crippen LogP contribution in [0, 0.1) is 0 Å². The highest BCUT2D eigenvalue weighted by atomic mass is 16.5. The van der Waals surface area contributed by atoms with E-state index in [2.05, 4.69) is 76.9 Å². The minimum Gasteiger partial charge on any atom is -0.396 e. The van der Waals surface area contributed by atoms with Crippen LogP contribution in [-0.2, 0) is 11.3 Å². The fourth-order valence-electron chi connectivity index (χ4n) is 3.56. The van der Waals surface area contributed by atoms with E-state index in [0.29, 0.717) is 12.3 Å². The molecule has 0 aliphatic carbocycles. The molecule has 0 amide bonds. The van der Waals surface area contributed by atoms with Crippen LogP contribution in [0.5, 0.6) is 0 Å². The Hall–Kier alpha value is -2.50. The summed E-state index contributed by atoms with van der Waals surface area (Å²) in [7, 11) is 2.09. The molecule has 0 spiro atoms. The Bertz CT molecular complexity index is 912. The number of nitrogens with zero attached hydrogens (tertiary/aromatic N) is 2. The molecule has 5 nitrogen and oxygen atoms in total. The molecule has 31 heavy (non-hydrogen) atoms. The summed E-state index contributed by atoms with van der Waals surface area (Å²) in [6.07, 6.45) is 0. The van der Waals surface area contributed by atoms with E-state index in [9.17, 15) is 0 Å². The van der Waals surface area contributed by atoms with E-state index in [1.165, 1.54) is 5.56 Å². The lowest BCUT2D eigenvalue weighted by Gasteiger charge is -2.41. The topological polar surface area (TPSA) is 67.8 Å². The number of rotatable bonds is 4. The summed E-state index contributed by atoms with van der Waals surface area (Å²) in [5.74, 6) is 6.77. The van der Waals surface area contributed by atoms with Gasteiger partial charge in [0, 0.05) is 30.4 Å². The van der Waals surface area contributed by atoms with Crippen LogP contribution in [0.3, 0.4) is 0 Å². The van der Waals surface area contributed by atoms with Gasteiger partial charge in [-0.3, -0.25) is 0 Å². The smallest absolute Gasteiger partial charge is 0.0836 e. The van der Waals surface area contributed by atoms with E-state index in [0.717, 1.165) is 29.1 Å². The monoisotopic (exact) mass is 424 g/mol. The van der Waals surface area contributed by atoms with Crippen molar-refractivity contribution in [2.45, 2.75) is 66.2 Å². The second-order valence-electron chi connectivity index (χ2n) is 9.38. The van der Waals surface area contributed by atoms with Crippen molar-refractivity contribution in [2.75, 3.05) is 18.6 Å². The lowest BCUT2D eigenvalue weighted by atomic mass is 9.93. The quantitative estimate of drug-likeness (QED) is 0.520. The summed E-state index contributed by atoms with van der Waals surface area (Å²) >= 11 is 0. The lowest BCUT2D eigenvalue weighted by Crippen LogP contribution is -2.52. The van der Waals surface area contributed by atoms with Gasteiger partial charge in [-0.2, -0.15) is 0 Å². The zero-order valence-corrected chi connectivity index (χ0v) is 20.5. The fourth-order valence-corrected chi connectivity index (χ4v) is 3.56. The third-order valence-corrected chi connectivity index (χ3v) is 5.29. The third-order valence-electron chi connectivity index (χ3n) is 5.29. The first-order valence-corrected chi connectivity index (χ1v) is 11.1. The average Bonchev–Trinajstić information content (AvgIpc) is 2.73. The van der Waals surface area contributed by atoms with Gasteiger partial charge in [0.15, 0.2) is 0 Å². The molecule has 1 aliphatic rings. The van der Waals surface area contributed by atoms with Crippen molar-refractivity contribution in [1.82, 2.24) is 5.01 Å². The molecular weight excluding hydrogens is 384 g/mol. The van der Waals surface area contributed by atoms with E-state index < -0.39 is 5.54 Å². The van der Waals surface area contributed by atoms with Gasteiger partial charge in [-0.1, -0.05) is 56.3 Å². The number of anilines is 1. The molecule has 4 N–H and O–H groups in total. The number of hydrogen-bond acceptors (Lipinski definition) is 5. The molecule has 0 saturated carbocycles. The molecule has 5 heteroatoms. The second kappa shape index (κ2) is 9.75. The van der Waals surface area contributed by atoms with Crippen LogP contribution in [0.15, 0.2) is 48.5 Å². The SMILES string of the molecule is CC.CN1Cc2ccccc2/C(N(N)C(C)(C)COC(C)(C)C)=C(/N)c2ccccc21. The van der Waals surface area contributed by atoms with Crippen molar-refractivity contribution in [2.24, 2.45) is 11.6 Å². The van der Waals surface area contributed by atoms with Crippen LogP contribution in [0.4, 0.5) is 5.69 Å². The fraction of sp³-hybridized carbons (Fsp3) is 0.462. The highest BCUT2D eigenvalue weighted by Gasteiger charge is 2.33. The molecule has 0 fully saturated rings. The average molecular weight is 425 g/mol. The Kier molecular flexibility index (Phi) is 7.79. The number of nitrogens with two attached hydrogens (primary N) is 2. The van der Waals surface area contributed by atoms with Gasteiger partial charge in [-0.15, -0.1) is 0 Å². The van der Waals surface area contributed by atoms with Crippen LogP contribution < -0.4 is 16.5 Å². The van der Waals surface area contributed by atoms with Gasteiger partial charge in [-0.25, -0.2) is 5.84 Å². The maximum Gasteiger partial charge on any atom is 0.0836 e. The van der Waals surface area contributed by atoms with Crippen molar-refractivity contribution in [3.8, 4) is 0 Å². The number of ether oxygens (including phenoxy) is 1. The molecule has 2 aromatic carbocycles. The van der Waals surface area contributed by atoms with Crippen LogP contribution >= 0.6 is 0 Å². The number of hydrazine groups is 1. The molecule has 0 atom stereocenters. The molecule has 0 unspecified atom stereocenters. The minimum absolute atomic E-state index is 0.244. The van der Waals surface area contributed by atoms with Gasteiger partial charge in [0.1, 0.15) is 0 Å². The Morgan fingerprint density at radius 1 is 0.935 bits per heavy atom. The highest BCUT2D eigenvalue weighted by molar-refractivity contribution is 5.93. The number of fused-ring (bicyclic) bond motifs is 2. The number of hydrogen-bond donors (Lipinski definition) is 2. The molecule has 0 saturated heterocycles. The molecule has 0 radical (unpaired) electrons. The van der Waals surface area contributed by atoms with E-state index in [-0.39, 0.29) is 5.60 Å². The summed E-state index contributed by atoms with van der Waals surface area (Å²) < 4.78 is 6.08. The molecule has 0 bridgehead atoms. The molecular formula is C26H40N4O. The summed E-state index contributed by atoms with van der Waals surface area (Å²) in [6.45, 7) is 15.6. The van der Waals surface area contributed by atoms with Crippen LogP contribution in [0.1, 0.15) is 65.2 Å². The normalized spacial score (nSPS) is 16.4. The first-order valence-electron chi connectivity index (χ1n) is 11.1. The zero-order chi connectivity index (χ0) is 23.4. The van der Waals surface area contributed by atoms with E-state index in [1.807, 2.05) is 32.0 Å². The van der Waals surface area contributed by atoms with Crippen molar-refractivity contribution >= 4 is 17.1 Å². The largest absolute Gasteiger partial charge is 0.396 e. The first kappa shape index (κ1) is 24.8. The first-order chi connectivity index (χ1) is 14.5. The Labute approximate surface area is 188 Å². The maximum atomic E-state index is 6.81. The van der Waals surface area contributed by atoms with Crippen LogP contribution in [0.25, 0.3) is 11.4 Å². The van der Waals surface area contributed by atoms with Crippen LogP contribution in [0.2, 0.25) is 0 Å². The zero-order valence-electron chi connectivity index (χ0n) is 20.5. The van der Waals surface area contributed by atoms with Gasteiger partial charge in [0.25, 0.3) is 0 Å². The van der Waals surface area contributed by atoms with Crippen molar-refractivity contribution in [1.29, 1.82) is 0 Å². The summed E-state index contributed by atoms with van der Waals surface area (Å²) in [5, 5.41) is 1.79. The predicted octanol–water partition coefficient (Wildman–Crippen LogP) is 5.22. The summed E-state index contributed by atoms with van der Waals surface area (Å²) in [6, 6.07) is 16.5. The number of benzene rings is 2. The molecule has 1 aliphatic heterocycles. The molecule has 0 aromatic heterocycles. The van der Waals surface area contributed by atoms with Gasteiger partial charge in [-0.05, 0) is 46.2 Å². The Morgan fingerprint density at radius 3 is 2.10 bits per heavy atom. The summed E-state index contributed by atoms with van der Waals surface area (Å²) in [4.78, 5) is 2.23. The van der Waals surface area contributed by atoms with Crippen LogP contribution in [-0.4, -0.2) is 29.8 Å². The van der Waals surface area contributed by atoms with E-state index >= 15 is 0 Å². The van der Waals surface area contributed by atoms with E-state index in [1.54, 1.807) is 5.01 Å². The van der Waals surface area contributed by atoms with Crippen molar-refractivity contribution in [3.05, 3.63) is 65.2 Å². The minimum atomic E-state index is -0.458. The Balaban J connectivity index is 0.00000166. The number of para-hydroxylation sites is 1. The molecule has 2 aromatic rings. The van der Waals surface area contributed by atoms with Gasteiger partial charge < -0.3 is 20.4 Å². The lowest BCUT2D eigenvalue weighted by molar-refractivity contribution is -0.0498. The standard InChI is InChI=1S/C24H34N4O.C2H6/c1-23(2,3)29-16-24(4,5)28(26)22-18-12-8-7-11-17(18)15-27(6)20-14-10-9-13-19(20)21(22)25;1-2/h7-14H,15-16,25-26H2,1-6H3;1-2H3/b22-21-;. The van der Waals surface area contributed by atoms with Crippen molar-refractivity contribution < 1.29 is 4.74 Å². The van der Waals surface area contributed by atoms with Gasteiger partial charge in [0.05, 0.1) is 29.1 Å². The maximum absolute atomic E-state index is 6.81. The summed E-state index contributed by atoms with van der Waals surface area (Å²) in [5.41, 5.74) is 11.9. The van der Waals surface area contributed by atoms with E-state index in [4.69, 9.17) is 16.3 Å². The van der Waals surface area contributed by atoms with Gasteiger partial charge in [0.2, 0.25) is 0 Å². The Morgan fingerprint density at radius 2 is 1.48 bits per heavy atom. The molecule has 1 heterocycles. The second-order valence-corrected chi connectivity index (χ2v) is 9.38. The van der Waals surface area contributed by atoms with Crippen molar-refractivity contribution in [3.63, 3.8) is 0 Å².